The molecule has 0 aliphatic rings. The summed E-state index contributed by atoms with van der Waals surface area (Å²) >= 11 is 5.63. The van der Waals surface area contributed by atoms with Gasteiger partial charge in [0.15, 0.2) is 9.04 Å². The monoisotopic (exact) mass is 166 g/mol. The Bertz CT molecular complexity index is 83.1. The zero-order valence-electron chi connectivity index (χ0n) is 6.57. The standard InChI is InChI=1S/C6H15ClOSi/c1-6(2,5-7)8-9(3)4/h9H,5H2,1-4H3. The molecule has 0 bridgehead atoms. The maximum absolute atomic E-state index is 5.63. The molecule has 0 aliphatic heterocycles. The Kier molecular flexibility index (Phi) is 3.78. The molecule has 0 spiro atoms. The fourth-order valence-corrected chi connectivity index (χ4v) is 2.20. The summed E-state index contributed by atoms with van der Waals surface area (Å²) in [4.78, 5) is 0. The van der Waals surface area contributed by atoms with Crippen molar-refractivity contribution in [3.8, 4) is 0 Å². The summed E-state index contributed by atoms with van der Waals surface area (Å²) in [5, 5.41) is 0. The molecule has 0 rings (SSSR count). The molecule has 0 saturated carbocycles. The van der Waals surface area contributed by atoms with E-state index in [0.717, 1.165) is 0 Å². The topological polar surface area (TPSA) is 9.23 Å². The number of alkyl halides is 1. The maximum atomic E-state index is 5.63. The Labute approximate surface area is 64.1 Å². The summed E-state index contributed by atoms with van der Waals surface area (Å²) in [6, 6.07) is 0. The third-order valence-corrected chi connectivity index (χ3v) is 2.63. The normalized spacial score (nSPS) is 12.7. The highest BCUT2D eigenvalue weighted by molar-refractivity contribution is 6.48. The van der Waals surface area contributed by atoms with Crippen LogP contribution in [-0.4, -0.2) is 20.5 Å². The lowest BCUT2D eigenvalue weighted by Gasteiger charge is -2.24. The molecule has 0 aromatic heterocycles. The third kappa shape index (κ3) is 4.94. The highest BCUT2D eigenvalue weighted by Gasteiger charge is 2.17. The highest BCUT2D eigenvalue weighted by atomic mass is 35.5. The number of rotatable bonds is 3. The zero-order chi connectivity index (χ0) is 7.49. The predicted octanol–water partition coefficient (Wildman–Crippen LogP) is 2.00. The van der Waals surface area contributed by atoms with E-state index < -0.39 is 9.04 Å². The van der Waals surface area contributed by atoms with Crippen LogP contribution in [0.5, 0.6) is 0 Å². The lowest BCUT2D eigenvalue weighted by atomic mass is 10.2. The van der Waals surface area contributed by atoms with Crippen LogP contribution in [-0.2, 0) is 4.43 Å². The Morgan fingerprint density at radius 2 is 1.89 bits per heavy atom. The van der Waals surface area contributed by atoms with Gasteiger partial charge in [-0.1, -0.05) is 0 Å². The van der Waals surface area contributed by atoms with Crippen LogP contribution in [0.1, 0.15) is 13.8 Å². The van der Waals surface area contributed by atoms with Gasteiger partial charge in [-0.05, 0) is 26.9 Å². The van der Waals surface area contributed by atoms with Gasteiger partial charge < -0.3 is 4.43 Å². The van der Waals surface area contributed by atoms with E-state index in [0.29, 0.717) is 5.88 Å². The maximum Gasteiger partial charge on any atom is 0.171 e. The molecule has 0 unspecified atom stereocenters. The third-order valence-electron chi connectivity index (χ3n) is 0.877. The Morgan fingerprint density at radius 1 is 1.44 bits per heavy atom. The molecule has 0 aromatic rings. The molecule has 0 N–H and O–H groups in total. The van der Waals surface area contributed by atoms with E-state index in [4.69, 9.17) is 16.0 Å². The van der Waals surface area contributed by atoms with Crippen molar-refractivity contribution in [3.05, 3.63) is 0 Å². The van der Waals surface area contributed by atoms with Crippen LogP contribution in [0.4, 0.5) is 0 Å². The van der Waals surface area contributed by atoms with Gasteiger partial charge in [0.25, 0.3) is 0 Å². The molecule has 0 radical (unpaired) electrons. The molecular formula is C6H15ClOSi. The van der Waals surface area contributed by atoms with E-state index in [2.05, 4.69) is 13.1 Å². The smallest absolute Gasteiger partial charge is 0.171 e. The van der Waals surface area contributed by atoms with Crippen molar-refractivity contribution < 1.29 is 4.43 Å². The van der Waals surface area contributed by atoms with Gasteiger partial charge in [0.05, 0.1) is 5.60 Å². The molecule has 1 nitrogen and oxygen atoms in total. The van der Waals surface area contributed by atoms with E-state index in [-0.39, 0.29) is 5.60 Å². The van der Waals surface area contributed by atoms with Crippen LogP contribution in [0.2, 0.25) is 13.1 Å². The molecule has 0 atom stereocenters. The Morgan fingerprint density at radius 3 is 2.00 bits per heavy atom. The molecule has 0 heterocycles. The molecule has 0 aromatic carbocycles. The first-order valence-electron chi connectivity index (χ1n) is 3.22. The quantitative estimate of drug-likeness (QED) is 0.461. The molecule has 0 fully saturated rings. The van der Waals surface area contributed by atoms with E-state index in [9.17, 15) is 0 Å². The van der Waals surface area contributed by atoms with Crippen molar-refractivity contribution >= 4 is 20.6 Å². The fraction of sp³-hybridized carbons (Fsp3) is 1.00. The second kappa shape index (κ2) is 3.59. The predicted molar refractivity (Wildman–Crippen MR) is 44.8 cm³/mol. The van der Waals surface area contributed by atoms with Crippen molar-refractivity contribution in [2.75, 3.05) is 5.88 Å². The Balaban J connectivity index is 3.58. The van der Waals surface area contributed by atoms with Gasteiger partial charge in [0.2, 0.25) is 0 Å². The summed E-state index contributed by atoms with van der Waals surface area (Å²) in [6.45, 7) is 8.34. The second-order valence-electron chi connectivity index (χ2n) is 3.06. The second-order valence-corrected chi connectivity index (χ2v) is 5.66. The summed E-state index contributed by atoms with van der Waals surface area (Å²) in [5.74, 6) is 0.582. The number of halogens is 1. The summed E-state index contributed by atoms with van der Waals surface area (Å²) in [5.41, 5.74) is -0.109. The minimum Gasteiger partial charge on any atom is -0.414 e. The summed E-state index contributed by atoms with van der Waals surface area (Å²) in [6.07, 6.45) is 0. The van der Waals surface area contributed by atoms with Crippen LogP contribution in [0, 0.1) is 0 Å². The van der Waals surface area contributed by atoms with E-state index in [1.54, 1.807) is 0 Å². The van der Waals surface area contributed by atoms with Gasteiger partial charge in [-0.2, -0.15) is 0 Å². The summed E-state index contributed by atoms with van der Waals surface area (Å²) < 4.78 is 5.59. The average molecular weight is 167 g/mol. The molecule has 0 amide bonds. The van der Waals surface area contributed by atoms with Crippen LogP contribution >= 0.6 is 11.6 Å². The first kappa shape index (κ1) is 9.47. The van der Waals surface area contributed by atoms with E-state index in [1.807, 2.05) is 13.8 Å². The minimum absolute atomic E-state index is 0.109. The number of hydrogen-bond donors (Lipinski definition) is 0. The van der Waals surface area contributed by atoms with E-state index >= 15 is 0 Å². The van der Waals surface area contributed by atoms with Crippen molar-refractivity contribution in [3.63, 3.8) is 0 Å². The molecule has 0 aliphatic carbocycles. The van der Waals surface area contributed by atoms with Gasteiger partial charge in [-0.15, -0.1) is 11.6 Å². The van der Waals surface area contributed by atoms with Gasteiger partial charge in [0.1, 0.15) is 0 Å². The van der Waals surface area contributed by atoms with Crippen molar-refractivity contribution in [2.24, 2.45) is 0 Å². The van der Waals surface area contributed by atoms with Crippen LogP contribution < -0.4 is 0 Å². The highest BCUT2D eigenvalue weighted by Crippen LogP contribution is 2.11. The number of hydrogen-bond acceptors (Lipinski definition) is 1. The van der Waals surface area contributed by atoms with Crippen LogP contribution in [0.3, 0.4) is 0 Å². The van der Waals surface area contributed by atoms with Crippen molar-refractivity contribution in [1.82, 2.24) is 0 Å². The molecule has 3 heteroatoms. The average Bonchev–Trinajstić information content (AvgIpc) is 1.63. The lowest BCUT2D eigenvalue weighted by molar-refractivity contribution is 0.135. The lowest BCUT2D eigenvalue weighted by Crippen LogP contribution is -2.31. The van der Waals surface area contributed by atoms with Gasteiger partial charge in [0, 0.05) is 5.88 Å². The molecule has 56 valence electrons. The first-order valence-corrected chi connectivity index (χ1v) is 6.53. The minimum atomic E-state index is -0.898. The van der Waals surface area contributed by atoms with Gasteiger partial charge in [-0.25, -0.2) is 0 Å². The summed E-state index contributed by atoms with van der Waals surface area (Å²) in [7, 11) is -0.898. The van der Waals surface area contributed by atoms with Crippen LogP contribution in [0.15, 0.2) is 0 Å². The van der Waals surface area contributed by atoms with E-state index in [1.165, 1.54) is 0 Å². The molecular weight excluding hydrogens is 152 g/mol. The van der Waals surface area contributed by atoms with Gasteiger partial charge in [-0.3, -0.25) is 0 Å². The largest absolute Gasteiger partial charge is 0.414 e. The molecule has 0 saturated heterocycles. The Hall–Kier alpha value is 0.467. The van der Waals surface area contributed by atoms with Crippen molar-refractivity contribution in [1.29, 1.82) is 0 Å². The van der Waals surface area contributed by atoms with Crippen LogP contribution in [0.25, 0.3) is 0 Å². The SMILES string of the molecule is C[SiH](C)OC(C)(C)CCl. The van der Waals surface area contributed by atoms with Crippen molar-refractivity contribution in [2.45, 2.75) is 32.5 Å². The zero-order valence-corrected chi connectivity index (χ0v) is 8.48. The first-order chi connectivity index (χ1) is 3.98. The fourth-order valence-electron chi connectivity index (χ4n) is 0.670. The molecule has 9 heavy (non-hydrogen) atoms. The van der Waals surface area contributed by atoms with Gasteiger partial charge >= 0.3 is 0 Å².